The van der Waals surface area contributed by atoms with Crippen molar-refractivity contribution in [1.82, 2.24) is 46.9 Å². The number of H-pyrrole nitrogens is 1. The minimum Gasteiger partial charge on any atom is -0.368 e. The van der Waals surface area contributed by atoms with E-state index in [9.17, 15) is 28.8 Å². The van der Waals surface area contributed by atoms with Gasteiger partial charge in [-0.05, 0) is 89.1 Å². The Morgan fingerprint density at radius 1 is 0.968 bits per heavy atom. The second kappa shape index (κ2) is 25.6. The van der Waals surface area contributed by atoms with E-state index in [0.29, 0.717) is 51.9 Å². The van der Waals surface area contributed by atoms with Crippen LogP contribution in [0.4, 0.5) is 0 Å². The topological polar surface area (TPSA) is 275 Å². The number of amides is 6. The lowest BCUT2D eigenvalue weighted by Crippen LogP contribution is -2.59. The van der Waals surface area contributed by atoms with Crippen LogP contribution in [0.25, 0.3) is 10.9 Å². The summed E-state index contributed by atoms with van der Waals surface area (Å²) in [7, 11) is 0. The molecule has 1 aliphatic heterocycles. The van der Waals surface area contributed by atoms with Gasteiger partial charge in [0.15, 0.2) is 0 Å². The van der Waals surface area contributed by atoms with E-state index < -0.39 is 71.7 Å². The standard InChI is InChI=1S/C45H64N12O6/c1-4-22-56-23-13-11-20-37(43(61)54-39(26-32-15-6-5-7-16-32)45(63)52-36(40(48)58)19-10-12-21-46)53-42(60)31(3)51-44(62)38(27-33-28-49-35-18-9-8-17-34(33)35)50-29-57(25-14-24-56)55-41(59)30(2)47/h4-9,15-18,28,30-31,36-39,49-50H,1,10-13,19-24,26-27,29,46-47H2,2-3H3,(H2,48,58)(H,51,62)(H,52,63)(H,53,60)(H,54,61)(H,55,59)/t30-,31-,36-,37-,38+,39+/m0/s1. The van der Waals surface area contributed by atoms with Crippen molar-refractivity contribution in [3.63, 3.8) is 0 Å². The van der Waals surface area contributed by atoms with Crippen molar-refractivity contribution < 1.29 is 28.8 Å². The number of nitrogens with two attached hydrogens (primary N) is 3. The van der Waals surface area contributed by atoms with Gasteiger partial charge in [0.2, 0.25) is 29.5 Å². The second-order valence-corrected chi connectivity index (χ2v) is 15.8. The Kier molecular flexibility index (Phi) is 20.1. The van der Waals surface area contributed by atoms with E-state index in [2.05, 4.69) is 55.5 Å². The van der Waals surface area contributed by atoms with E-state index in [0.717, 1.165) is 22.0 Å². The molecule has 1 aliphatic rings. The molecule has 2 heterocycles. The first-order chi connectivity index (χ1) is 30.3. The van der Waals surface area contributed by atoms with Crippen molar-refractivity contribution >= 4 is 46.3 Å². The van der Waals surface area contributed by atoms with Crippen molar-refractivity contribution in [3.05, 3.63) is 84.6 Å². The van der Waals surface area contributed by atoms with Crippen LogP contribution in [0.15, 0.2) is 73.4 Å². The Morgan fingerprint density at radius 2 is 1.71 bits per heavy atom. The average molecular weight is 869 g/mol. The third kappa shape index (κ3) is 16.2. The van der Waals surface area contributed by atoms with Crippen molar-refractivity contribution in [3.8, 4) is 12.0 Å². The molecule has 63 heavy (non-hydrogen) atoms. The number of unbranched alkanes of at least 4 members (excludes halogenated alkanes) is 1. The van der Waals surface area contributed by atoms with Gasteiger partial charge < -0.3 is 43.5 Å². The number of nitrogens with one attached hydrogen (secondary N) is 7. The van der Waals surface area contributed by atoms with Gasteiger partial charge in [0.25, 0.3) is 5.91 Å². The van der Waals surface area contributed by atoms with Gasteiger partial charge in [-0.15, -0.1) is 6.58 Å². The Bertz CT molecular complexity index is 2060. The van der Waals surface area contributed by atoms with Gasteiger partial charge in [0.05, 0.1) is 25.3 Å². The Balaban J connectivity index is 1.62. The fraction of sp³-hybridized carbons (Fsp3) is 0.467. The van der Waals surface area contributed by atoms with Crippen molar-refractivity contribution in [2.45, 2.75) is 101 Å². The summed E-state index contributed by atoms with van der Waals surface area (Å²) in [5.74, 6) is -0.462. The highest BCUT2D eigenvalue weighted by atomic mass is 16.2. The zero-order chi connectivity index (χ0) is 45.7. The molecule has 18 nitrogen and oxygen atoms in total. The van der Waals surface area contributed by atoms with E-state index in [-0.39, 0.29) is 32.4 Å². The summed E-state index contributed by atoms with van der Waals surface area (Å²) in [6.07, 6.45) is 6.59. The normalized spacial score (nSPS) is 19.7. The minimum atomic E-state index is -1.13. The lowest BCUT2D eigenvalue weighted by Gasteiger charge is -2.27. The SMILES string of the molecule is C=CCN1CC#CN(NC(=O)[C@H](C)N)CN[C@H](Cc2c[nH]c3ccccc23)C(=O)N[C@@H](C)C(=O)N[C@H](C(=O)N[C@H](Cc2ccccc2)C(=O)N[C@@H](CCCCN)C(N)=O)CCCC1. The number of carbonyl (C=O) groups is 6. The van der Waals surface area contributed by atoms with Crippen LogP contribution in [0.3, 0.4) is 0 Å². The van der Waals surface area contributed by atoms with Crippen molar-refractivity contribution in [1.29, 1.82) is 0 Å². The molecule has 1 aromatic heterocycles. The zero-order valence-corrected chi connectivity index (χ0v) is 36.3. The Morgan fingerprint density at radius 3 is 2.43 bits per heavy atom. The number of para-hydroxylation sites is 1. The number of aromatic amines is 1. The molecule has 0 saturated heterocycles. The van der Waals surface area contributed by atoms with E-state index >= 15 is 0 Å². The van der Waals surface area contributed by atoms with Gasteiger partial charge in [0, 0.05) is 36.1 Å². The van der Waals surface area contributed by atoms with E-state index in [4.69, 9.17) is 17.2 Å². The van der Waals surface area contributed by atoms with Crippen LogP contribution in [0, 0.1) is 12.0 Å². The molecule has 18 heteroatoms. The summed E-state index contributed by atoms with van der Waals surface area (Å²) < 4.78 is 0. The fourth-order valence-corrected chi connectivity index (χ4v) is 6.99. The zero-order valence-electron chi connectivity index (χ0n) is 36.3. The lowest BCUT2D eigenvalue weighted by molar-refractivity contribution is -0.134. The molecule has 0 saturated carbocycles. The van der Waals surface area contributed by atoms with Crippen LogP contribution in [-0.2, 0) is 41.6 Å². The van der Waals surface area contributed by atoms with Crippen LogP contribution in [-0.4, -0.2) is 119 Å². The first kappa shape index (κ1) is 49.4. The van der Waals surface area contributed by atoms with Crippen LogP contribution < -0.4 is 49.2 Å². The van der Waals surface area contributed by atoms with E-state index in [1.54, 1.807) is 13.0 Å². The molecule has 340 valence electrons. The number of hydrogen-bond donors (Lipinski definition) is 10. The number of rotatable bonds is 17. The largest absolute Gasteiger partial charge is 0.368 e. The van der Waals surface area contributed by atoms with Gasteiger partial charge in [0.1, 0.15) is 24.2 Å². The number of nitrogens with zero attached hydrogens (tertiary/aromatic N) is 2. The fourth-order valence-electron chi connectivity index (χ4n) is 6.99. The highest BCUT2D eigenvalue weighted by Gasteiger charge is 2.31. The molecule has 2 aromatic carbocycles. The summed E-state index contributed by atoms with van der Waals surface area (Å²) in [5.41, 5.74) is 22.3. The molecule has 4 rings (SSSR count). The van der Waals surface area contributed by atoms with Gasteiger partial charge in [-0.3, -0.25) is 44.4 Å². The van der Waals surface area contributed by atoms with Crippen LogP contribution >= 0.6 is 0 Å². The number of primary amides is 1. The molecule has 0 radical (unpaired) electrons. The van der Waals surface area contributed by atoms with Crippen LogP contribution in [0.2, 0.25) is 0 Å². The summed E-state index contributed by atoms with van der Waals surface area (Å²) in [4.78, 5) is 86.4. The molecule has 6 atom stereocenters. The average Bonchev–Trinajstić information content (AvgIpc) is 3.67. The number of carbonyl (C=O) groups excluding carboxylic acids is 6. The molecular formula is C45H64N12O6. The number of fused-ring (bicyclic) bond motifs is 1. The van der Waals surface area contributed by atoms with E-state index in [1.807, 2.05) is 65.7 Å². The van der Waals surface area contributed by atoms with Gasteiger partial charge in [-0.25, -0.2) is 5.01 Å². The highest BCUT2D eigenvalue weighted by molar-refractivity contribution is 5.96. The second-order valence-electron chi connectivity index (χ2n) is 15.8. The van der Waals surface area contributed by atoms with Crippen molar-refractivity contribution in [2.24, 2.45) is 17.2 Å². The third-order valence-corrected chi connectivity index (χ3v) is 10.6. The quantitative estimate of drug-likeness (QED) is 0.0480. The van der Waals surface area contributed by atoms with Crippen LogP contribution in [0.5, 0.6) is 0 Å². The van der Waals surface area contributed by atoms with Gasteiger partial charge in [-0.1, -0.05) is 60.5 Å². The molecule has 0 aliphatic carbocycles. The number of aromatic nitrogens is 1. The predicted octanol–water partition coefficient (Wildman–Crippen LogP) is -0.245. The van der Waals surface area contributed by atoms with Crippen molar-refractivity contribution in [2.75, 3.05) is 32.8 Å². The maximum Gasteiger partial charge on any atom is 0.255 e. The number of hydrogen-bond acceptors (Lipinski definition) is 11. The smallest absolute Gasteiger partial charge is 0.255 e. The maximum atomic E-state index is 14.2. The van der Waals surface area contributed by atoms with E-state index in [1.165, 1.54) is 11.9 Å². The molecule has 0 spiro atoms. The Labute approximate surface area is 369 Å². The van der Waals surface area contributed by atoms with Crippen LogP contribution in [0.1, 0.15) is 63.5 Å². The first-order valence-electron chi connectivity index (χ1n) is 21.5. The lowest BCUT2D eigenvalue weighted by atomic mass is 10.0. The molecule has 6 amide bonds. The summed E-state index contributed by atoms with van der Waals surface area (Å²) in [6.45, 7) is 8.62. The maximum absolute atomic E-state index is 14.2. The predicted molar refractivity (Wildman–Crippen MR) is 241 cm³/mol. The third-order valence-electron chi connectivity index (χ3n) is 10.6. The molecule has 0 unspecified atom stereocenters. The summed E-state index contributed by atoms with van der Waals surface area (Å²) in [5, 5.41) is 16.6. The summed E-state index contributed by atoms with van der Waals surface area (Å²) in [6, 6.07) is 13.6. The first-order valence-corrected chi connectivity index (χ1v) is 21.5. The van der Waals surface area contributed by atoms with Gasteiger partial charge in [-0.2, -0.15) is 0 Å². The molecular weight excluding hydrogens is 805 g/mol. The van der Waals surface area contributed by atoms with Gasteiger partial charge >= 0.3 is 0 Å². The monoisotopic (exact) mass is 869 g/mol. The number of benzene rings is 2. The molecule has 0 fully saturated rings. The summed E-state index contributed by atoms with van der Waals surface area (Å²) >= 11 is 0. The number of hydrazine groups is 1. The highest BCUT2D eigenvalue weighted by Crippen LogP contribution is 2.19. The molecule has 0 bridgehead atoms. The molecule has 13 N–H and O–H groups in total. The minimum absolute atomic E-state index is 0.0816. The molecule has 3 aromatic rings. The Hall–Kier alpha value is -6.26.